The molecule has 0 aliphatic heterocycles. The summed E-state index contributed by atoms with van der Waals surface area (Å²) in [6.45, 7) is 1.12. The molecule has 0 amide bonds. The van der Waals surface area contributed by atoms with Crippen molar-refractivity contribution in [2.45, 2.75) is 32.1 Å². The van der Waals surface area contributed by atoms with E-state index in [1.807, 2.05) is 24.3 Å². The zero-order valence-electron chi connectivity index (χ0n) is 15.9. The van der Waals surface area contributed by atoms with Gasteiger partial charge < -0.3 is 15.4 Å². The Bertz CT molecular complexity index is 827. The highest BCUT2D eigenvalue weighted by Gasteiger charge is 2.36. The van der Waals surface area contributed by atoms with Crippen molar-refractivity contribution in [2.75, 3.05) is 13.7 Å². The van der Waals surface area contributed by atoms with Crippen LogP contribution in [-0.4, -0.2) is 29.4 Å². The summed E-state index contributed by atoms with van der Waals surface area (Å²) in [5, 5.41) is 9.53. The average molecular weight is 395 g/mol. The number of guanidine groups is 1. The molecule has 1 aromatic heterocycles. The SMILES string of the molecule is CN=C(NCc1ccccc1OCC1CC1)NCc1cn(C)nc1C(F)(F)F. The predicted molar refractivity (Wildman–Crippen MR) is 99.9 cm³/mol. The number of aromatic nitrogens is 2. The Morgan fingerprint density at radius 3 is 2.54 bits per heavy atom. The van der Waals surface area contributed by atoms with Crippen LogP contribution < -0.4 is 15.4 Å². The smallest absolute Gasteiger partial charge is 0.435 e. The Balaban J connectivity index is 1.57. The van der Waals surface area contributed by atoms with E-state index in [9.17, 15) is 13.2 Å². The topological polar surface area (TPSA) is 63.5 Å². The molecule has 1 aliphatic rings. The quantitative estimate of drug-likeness (QED) is 0.559. The molecule has 0 atom stereocenters. The first-order valence-electron chi connectivity index (χ1n) is 9.11. The van der Waals surface area contributed by atoms with E-state index < -0.39 is 11.9 Å². The van der Waals surface area contributed by atoms with Crippen LogP contribution in [0.4, 0.5) is 13.2 Å². The van der Waals surface area contributed by atoms with Crippen LogP contribution in [0, 0.1) is 5.92 Å². The Kier molecular flexibility index (Phi) is 6.11. The van der Waals surface area contributed by atoms with E-state index in [4.69, 9.17) is 4.74 Å². The normalized spacial score (nSPS) is 14.8. The first-order valence-corrected chi connectivity index (χ1v) is 9.11. The second-order valence-electron chi connectivity index (χ2n) is 6.82. The number of benzene rings is 1. The number of rotatable bonds is 7. The molecule has 1 aromatic carbocycles. The van der Waals surface area contributed by atoms with Crippen molar-refractivity contribution in [1.82, 2.24) is 20.4 Å². The monoisotopic (exact) mass is 395 g/mol. The number of para-hydroxylation sites is 1. The number of aliphatic imine (C=N–C) groups is 1. The van der Waals surface area contributed by atoms with Crippen LogP contribution in [0.1, 0.15) is 29.7 Å². The summed E-state index contributed by atoms with van der Waals surface area (Å²) in [5.41, 5.74) is 0.131. The minimum absolute atomic E-state index is 0.0395. The van der Waals surface area contributed by atoms with Crippen LogP contribution in [0.25, 0.3) is 0 Å². The summed E-state index contributed by atoms with van der Waals surface area (Å²) in [4.78, 5) is 4.08. The highest BCUT2D eigenvalue weighted by atomic mass is 19.4. The molecule has 28 heavy (non-hydrogen) atoms. The van der Waals surface area contributed by atoms with Gasteiger partial charge in [0.2, 0.25) is 0 Å². The number of alkyl halides is 3. The summed E-state index contributed by atoms with van der Waals surface area (Å²) in [6.07, 6.45) is -0.715. The maximum atomic E-state index is 13.1. The van der Waals surface area contributed by atoms with Gasteiger partial charge >= 0.3 is 6.18 Å². The molecule has 0 saturated heterocycles. The van der Waals surface area contributed by atoms with Gasteiger partial charge in [0.1, 0.15) is 5.75 Å². The standard InChI is InChI=1S/C19H24F3N5O/c1-23-18(25-10-15-11-27(2)26-17(15)19(20,21)22)24-9-14-5-3-4-6-16(14)28-12-13-7-8-13/h3-6,11,13H,7-10,12H2,1-2H3,(H2,23,24,25). The molecule has 2 aromatic rings. The summed E-state index contributed by atoms with van der Waals surface area (Å²) < 4.78 is 46.2. The molecule has 1 heterocycles. The van der Waals surface area contributed by atoms with Crippen LogP contribution in [0.3, 0.4) is 0 Å². The van der Waals surface area contributed by atoms with Crippen LogP contribution in [0.5, 0.6) is 5.75 Å². The maximum absolute atomic E-state index is 13.1. The molecule has 0 radical (unpaired) electrons. The molecular formula is C19H24F3N5O. The number of ether oxygens (including phenoxy) is 1. The second kappa shape index (κ2) is 8.53. The number of hydrogen-bond acceptors (Lipinski definition) is 3. The largest absolute Gasteiger partial charge is 0.493 e. The molecule has 0 spiro atoms. The van der Waals surface area contributed by atoms with Gasteiger partial charge in [-0.2, -0.15) is 18.3 Å². The fourth-order valence-corrected chi connectivity index (χ4v) is 2.77. The molecule has 1 saturated carbocycles. The van der Waals surface area contributed by atoms with Crippen molar-refractivity contribution in [3.8, 4) is 5.75 Å². The lowest BCUT2D eigenvalue weighted by atomic mass is 10.2. The molecule has 2 N–H and O–H groups in total. The number of hydrogen-bond donors (Lipinski definition) is 2. The molecule has 1 aliphatic carbocycles. The van der Waals surface area contributed by atoms with Gasteiger partial charge in [0.15, 0.2) is 11.7 Å². The lowest BCUT2D eigenvalue weighted by molar-refractivity contribution is -0.142. The molecule has 0 unspecified atom stereocenters. The van der Waals surface area contributed by atoms with Crippen molar-refractivity contribution in [1.29, 1.82) is 0 Å². The summed E-state index contributed by atoms with van der Waals surface area (Å²) in [5.74, 6) is 1.86. The van der Waals surface area contributed by atoms with E-state index in [1.54, 1.807) is 7.05 Å². The van der Waals surface area contributed by atoms with Gasteiger partial charge in [0.25, 0.3) is 0 Å². The minimum atomic E-state index is -4.49. The zero-order valence-corrected chi connectivity index (χ0v) is 15.9. The third-order valence-corrected chi connectivity index (χ3v) is 4.43. The van der Waals surface area contributed by atoms with Gasteiger partial charge in [-0.15, -0.1) is 0 Å². The number of halogens is 3. The zero-order chi connectivity index (χ0) is 20.1. The van der Waals surface area contributed by atoms with E-state index >= 15 is 0 Å². The predicted octanol–water partition coefficient (Wildman–Crippen LogP) is 3.09. The highest BCUT2D eigenvalue weighted by molar-refractivity contribution is 5.79. The molecule has 1 fully saturated rings. The number of aryl methyl sites for hydroxylation is 1. The number of nitrogens with zero attached hydrogens (tertiary/aromatic N) is 3. The van der Waals surface area contributed by atoms with Gasteiger partial charge in [0.05, 0.1) is 6.61 Å². The van der Waals surface area contributed by atoms with Crippen molar-refractivity contribution < 1.29 is 17.9 Å². The molecule has 6 nitrogen and oxygen atoms in total. The van der Waals surface area contributed by atoms with Crippen LogP contribution in [0.2, 0.25) is 0 Å². The Morgan fingerprint density at radius 2 is 1.89 bits per heavy atom. The van der Waals surface area contributed by atoms with Gasteiger partial charge in [-0.25, -0.2) is 0 Å². The van der Waals surface area contributed by atoms with Crippen LogP contribution in [-0.2, 0) is 26.3 Å². The van der Waals surface area contributed by atoms with Crippen molar-refractivity contribution in [2.24, 2.45) is 18.0 Å². The highest BCUT2D eigenvalue weighted by Crippen LogP contribution is 2.31. The van der Waals surface area contributed by atoms with Gasteiger partial charge in [-0.3, -0.25) is 9.67 Å². The van der Waals surface area contributed by atoms with Crippen LogP contribution >= 0.6 is 0 Å². The minimum Gasteiger partial charge on any atom is -0.493 e. The fraction of sp³-hybridized carbons (Fsp3) is 0.474. The fourth-order valence-electron chi connectivity index (χ4n) is 2.77. The maximum Gasteiger partial charge on any atom is 0.435 e. The third-order valence-electron chi connectivity index (χ3n) is 4.43. The third kappa shape index (κ3) is 5.40. The van der Waals surface area contributed by atoms with Crippen LogP contribution in [0.15, 0.2) is 35.5 Å². The van der Waals surface area contributed by atoms with Gasteiger partial charge in [-0.05, 0) is 24.8 Å². The number of nitrogens with one attached hydrogen (secondary N) is 2. The van der Waals surface area contributed by atoms with E-state index in [2.05, 4.69) is 20.7 Å². The Hall–Kier alpha value is -2.71. The molecule has 3 rings (SSSR count). The van der Waals surface area contributed by atoms with Crippen molar-refractivity contribution in [3.63, 3.8) is 0 Å². The summed E-state index contributed by atoms with van der Waals surface area (Å²) in [6, 6.07) is 7.70. The molecule has 0 bridgehead atoms. The average Bonchev–Trinajstić information content (AvgIpc) is 3.40. The Morgan fingerprint density at radius 1 is 1.21 bits per heavy atom. The Labute approximate surface area is 161 Å². The van der Waals surface area contributed by atoms with E-state index in [-0.39, 0.29) is 12.1 Å². The second-order valence-corrected chi connectivity index (χ2v) is 6.82. The first-order chi connectivity index (χ1) is 13.4. The summed E-state index contributed by atoms with van der Waals surface area (Å²) >= 11 is 0. The van der Waals surface area contributed by atoms with Gasteiger partial charge in [-0.1, -0.05) is 18.2 Å². The van der Waals surface area contributed by atoms with Crippen molar-refractivity contribution in [3.05, 3.63) is 47.3 Å². The van der Waals surface area contributed by atoms with Crippen molar-refractivity contribution >= 4 is 5.96 Å². The molecular weight excluding hydrogens is 371 g/mol. The first kappa shape index (κ1) is 20.0. The van der Waals surface area contributed by atoms with E-state index in [0.29, 0.717) is 25.0 Å². The van der Waals surface area contributed by atoms with E-state index in [1.165, 1.54) is 26.1 Å². The summed E-state index contributed by atoms with van der Waals surface area (Å²) in [7, 11) is 3.03. The van der Waals surface area contributed by atoms with E-state index in [0.717, 1.165) is 16.0 Å². The van der Waals surface area contributed by atoms with Gasteiger partial charge in [0, 0.05) is 44.5 Å². The lowest BCUT2D eigenvalue weighted by Gasteiger charge is -2.15. The molecule has 152 valence electrons. The lowest BCUT2D eigenvalue weighted by Crippen LogP contribution is -2.36. The molecule has 9 heteroatoms.